The number of nitrogens with one attached hydrogen (secondary N) is 1. The average molecular weight is 306 g/mol. The fourth-order valence-electron chi connectivity index (χ4n) is 2.15. The molecule has 2 rings (SSSR count). The van der Waals surface area contributed by atoms with E-state index in [0.717, 1.165) is 11.3 Å². The molecular weight excluding hydrogens is 286 g/mol. The lowest BCUT2D eigenvalue weighted by atomic mass is 9.98. The number of ketones is 1. The second-order valence-electron chi connectivity index (χ2n) is 4.61. The SMILES string of the molecule is CNC(CC(=O)c1ccc(OC)cc1)c1ccccc1.Cl. The second kappa shape index (κ2) is 8.45. The van der Waals surface area contributed by atoms with Gasteiger partial charge in [0.2, 0.25) is 0 Å². The van der Waals surface area contributed by atoms with Crippen molar-refractivity contribution in [2.75, 3.05) is 14.2 Å². The van der Waals surface area contributed by atoms with Gasteiger partial charge >= 0.3 is 0 Å². The minimum absolute atomic E-state index is 0. The number of benzene rings is 2. The maximum Gasteiger partial charge on any atom is 0.164 e. The lowest BCUT2D eigenvalue weighted by Crippen LogP contribution is -2.20. The van der Waals surface area contributed by atoms with Crippen LogP contribution in [0.2, 0.25) is 0 Å². The van der Waals surface area contributed by atoms with Gasteiger partial charge in [0.05, 0.1) is 7.11 Å². The van der Waals surface area contributed by atoms with Crippen molar-refractivity contribution in [1.82, 2.24) is 5.32 Å². The van der Waals surface area contributed by atoms with Gasteiger partial charge < -0.3 is 10.1 Å². The summed E-state index contributed by atoms with van der Waals surface area (Å²) in [4.78, 5) is 12.3. The number of rotatable bonds is 6. The standard InChI is InChI=1S/C17H19NO2.ClH/c1-18-16(13-6-4-3-5-7-13)12-17(19)14-8-10-15(20-2)11-9-14;/h3-11,16,18H,12H2,1-2H3;1H. The molecule has 0 aliphatic rings. The number of hydrogen-bond acceptors (Lipinski definition) is 3. The minimum atomic E-state index is 0. The number of carbonyl (C=O) groups is 1. The number of carbonyl (C=O) groups excluding carboxylic acids is 1. The number of halogens is 1. The largest absolute Gasteiger partial charge is 0.497 e. The highest BCUT2D eigenvalue weighted by molar-refractivity contribution is 5.96. The van der Waals surface area contributed by atoms with Crippen molar-refractivity contribution in [2.24, 2.45) is 0 Å². The molecule has 0 spiro atoms. The molecule has 4 heteroatoms. The smallest absolute Gasteiger partial charge is 0.164 e. The van der Waals surface area contributed by atoms with Crippen molar-refractivity contribution in [3.05, 3.63) is 65.7 Å². The summed E-state index contributed by atoms with van der Waals surface area (Å²) in [6.45, 7) is 0. The van der Waals surface area contributed by atoms with Crippen LogP contribution in [0.1, 0.15) is 28.4 Å². The normalized spacial score (nSPS) is 11.3. The van der Waals surface area contributed by atoms with Gasteiger partial charge in [-0.3, -0.25) is 4.79 Å². The van der Waals surface area contributed by atoms with Gasteiger partial charge in [-0.15, -0.1) is 12.4 Å². The van der Waals surface area contributed by atoms with E-state index < -0.39 is 0 Å². The first-order valence-corrected chi connectivity index (χ1v) is 6.64. The van der Waals surface area contributed by atoms with Crippen molar-refractivity contribution in [3.63, 3.8) is 0 Å². The van der Waals surface area contributed by atoms with E-state index in [1.165, 1.54) is 0 Å². The molecule has 1 atom stereocenters. The molecule has 2 aromatic carbocycles. The van der Waals surface area contributed by atoms with Crippen molar-refractivity contribution in [1.29, 1.82) is 0 Å². The Bertz CT molecular complexity index is 555. The van der Waals surface area contributed by atoms with Gasteiger partial charge in [0.25, 0.3) is 0 Å². The van der Waals surface area contributed by atoms with E-state index in [1.807, 2.05) is 49.5 Å². The van der Waals surface area contributed by atoms with E-state index in [0.29, 0.717) is 12.0 Å². The van der Waals surface area contributed by atoms with Gasteiger partial charge in [0.15, 0.2) is 5.78 Å². The zero-order valence-electron chi connectivity index (χ0n) is 12.2. The maximum absolute atomic E-state index is 12.3. The van der Waals surface area contributed by atoms with E-state index in [-0.39, 0.29) is 24.2 Å². The predicted octanol–water partition coefficient (Wildman–Crippen LogP) is 3.65. The van der Waals surface area contributed by atoms with Crippen LogP contribution in [-0.2, 0) is 0 Å². The highest BCUT2D eigenvalue weighted by Gasteiger charge is 2.15. The highest BCUT2D eigenvalue weighted by atomic mass is 35.5. The quantitative estimate of drug-likeness (QED) is 0.828. The third-order valence-electron chi connectivity index (χ3n) is 3.35. The third-order valence-corrected chi connectivity index (χ3v) is 3.35. The molecule has 0 heterocycles. The Labute approximate surface area is 131 Å². The summed E-state index contributed by atoms with van der Waals surface area (Å²) in [5.74, 6) is 0.880. The van der Waals surface area contributed by atoms with Crippen LogP contribution in [0.5, 0.6) is 5.75 Å². The Morgan fingerprint density at radius 3 is 2.24 bits per heavy atom. The van der Waals surface area contributed by atoms with Crippen LogP contribution in [0.15, 0.2) is 54.6 Å². The molecule has 112 valence electrons. The zero-order chi connectivity index (χ0) is 14.4. The highest BCUT2D eigenvalue weighted by Crippen LogP contribution is 2.20. The van der Waals surface area contributed by atoms with E-state index >= 15 is 0 Å². The summed E-state index contributed by atoms with van der Waals surface area (Å²) in [5, 5.41) is 3.20. The maximum atomic E-state index is 12.3. The van der Waals surface area contributed by atoms with E-state index in [4.69, 9.17) is 4.74 Å². The Morgan fingerprint density at radius 1 is 1.10 bits per heavy atom. The zero-order valence-corrected chi connectivity index (χ0v) is 13.0. The molecule has 0 aromatic heterocycles. The number of methoxy groups -OCH3 is 1. The van der Waals surface area contributed by atoms with E-state index in [9.17, 15) is 4.79 Å². The average Bonchev–Trinajstić information content (AvgIpc) is 2.53. The Balaban J connectivity index is 0.00000220. The van der Waals surface area contributed by atoms with E-state index in [2.05, 4.69) is 5.32 Å². The molecule has 0 fully saturated rings. The Morgan fingerprint density at radius 2 is 1.71 bits per heavy atom. The molecule has 21 heavy (non-hydrogen) atoms. The van der Waals surface area contributed by atoms with Gasteiger partial charge in [-0.25, -0.2) is 0 Å². The summed E-state index contributed by atoms with van der Waals surface area (Å²) in [7, 11) is 3.49. The molecular formula is C17H20ClNO2. The van der Waals surface area contributed by atoms with Crippen LogP contribution in [0, 0.1) is 0 Å². The Hall–Kier alpha value is -1.84. The van der Waals surface area contributed by atoms with Crippen LogP contribution >= 0.6 is 12.4 Å². The van der Waals surface area contributed by atoms with Crippen LogP contribution < -0.4 is 10.1 Å². The summed E-state index contributed by atoms with van der Waals surface area (Å²) in [6, 6.07) is 17.3. The summed E-state index contributed by atoms with van der Waals surface area (Å²) in [6.07, 6.45) is 0.437. The molecule has 0 amide bonds. The summed E-state index contributed by atoms with van der Waals surface area (Å²) >= 11 is 0. The van der Waals surface area contributed by atoms with Crippen molar-refractivity contribution < 1.29 is 9.53 Å². The lowest BCUT2D eigenvalue weighted by molar-refractivity contribution is 0.0970. The van der Waals surface area contributed by atoms with Gasteiger partial charge in [-0.2, -0.15) is 0 Å². The predicted molar refractivity (Wildman–Crippen MR) is 87.4 cm³/mol. The molecule has 0 aliphatic heterocycles. The fourth-order valence-corrected chi connectivity index (χ4v) is 2.15. The second-order valence-corrected chi connectivity index (χ2v) is 4.61. The molecule has 3 nitrogen and oxygen atoms in total. The fraction of sp³-hybridized carbons (Fsp3) is 0.235. The monoisotopic (exact) mass is 305 g/mol. The minimum Gasteiger partial charge on any atom is -0.497 e. The van der Waals surface area contributed by atoms with Gasteiger partial charge in [0, 0.05) is 18.0 Å². The molecule has 0 saturated heterocycles. The van der Waals surface area contributed by atoms with Crippen molar-refractivity contribution >= 4 is 18.2 Å². The van der Waals surface area contributed by atoms with Crippen LogP contribution in [0.4, 0.5) is 0 Å². The molecule has 2 aromatic rings. The lowest BCUT2D eigenvalue weighted by Gasteiger charge is -2.15. The van der Waals surface area contributed by atoms with Crippen LogP contribution in [-0.4, -0.2) is 19.9 Å². The van der Waals surface area contributed by atoms with Crippen LogP contribution in [0.25, 0.3) is 0 Å². The van der Waals surface area contributed by atoms with Crippen molar-refractivity contribution in [2.45, 2.75) is 12.5 Å². The first kappa shape index (κ1) is 17.2. The first-order chi connectivity index (χ1) is 9.74. The molecule has 1 N–H and O–H groups in total. The molecule has 0 bridgehead atoms. The van der Waals surface area contributed by atoms with Gasteiger partial charge in [-0.1, -0.05) is 30.3 Å². The molecule has 1 unspecified atom stereocenters. The number of hydrogen-bond donors (Lipinski definition) is 1. The van der Waals surface area contributed by atoms with Gasteiger partial charge in [-0.05, 0) is 36.9 Å². The van der Waals surface area contributed by atoms with Gasteiger partial charge in [0.1, 0.15) is 5.75 Å². The summed E-state index contributed by atoms with van der Waals surface area (Å²) < 4.78 is 5.10. The van der Waals surface area contributed by atoms with E-state index in [1.54, 1.807) is 19.2 Å². The molecule has 0 aliphatic carbocycles. The Kier molecular flexibility index (Phi) is 6.92. The number of Topliss-reactive ketones (excluding diaryl/α,β-unsaturated/α-hetero) is 1. The summed E-state index contributed by atoms with van der Waals surface area (Å²) in [5.41, 5.74) is 1.83. The van der Waals surface area contributed by atoms with Crippen LogP contribution in [0.3, 0.4) is 0 Å². The topological polar surface area (TPSA) is 38.3 Å². The first-order valence-electron chi connectivity index (χ1n) is 6.64. The molecule has 0 radical (unpaired) electrons. The van der Waals surface area contributed by atoms with Crippen molar-refractivity contribution in [3.8, 4) is 5.75 Å². The molecule has 0 saturated carbocycles. The number of ether oxygens (including phenoxy) is 1. The third kappa shape index (κ3) is 4.59.